The Morgan fingerprint density at radius 2 is 2.04 bits per heavy atom. The molecule has 1 unspecified atom stereocenters. The molecule has 0 aliphatic carbocycles. The molecule has 2 heterocycles. The summed E-state index contributed by atoms with van der Waals surface area (Å²) in [6.45, 7) is 1.85. The van der Waals surface area contributed by atoms with Crippen LogP contribution in [0, 0.1) is 0 Å². The number of amides is 2. The number of carbonyl (C=O) groups is 2. The zero-order valence-corrected chi connectivity index (χ0v) is 14.8. The lowest BCUT2D eigenvalue weighted by atomic mass is 9.85. The van der Waals surface area contributed by atoms with Gasteiger partial charge in [0.25, 0.3) is 21.8 Å². The molecule has 0 bridgehead atoms. The van der Waals surface area contributed by atoms with Crippen LogP contribution in [0.5, 0.6) is 0 Å². The standard InChI is InChI=1S/C16H15ClN2O5S/c1-16(7-8-19(16)14(20)13-6-3-9-24-13)15(21)18-25(22,23)12-5-2-4-11(17)10-12/h2-6,9-10H,7-8H2,1H3,(H,18,21). The van der Waals surface area contributed by atoms with E-state index in [4.69, 9.17) is 16.0 Å². The highest BCUT2D eigenvalue weighted by molar-refractivity contribution is 7.90. The molecule has 2 aromatic rings. The molecule has 3 rings (SSSR count). The molecule has 1 aliphatic heterocycles. The predicted molar refractivity (Wildman–Crippen MR) is 89.5 cm³/mol. The lowest BCUT2D eigenvalue weighted by molar-refractivity contribution is -0.135. The molecule has 1 N–H and O–H groups in total. The van der Waals surface area contributed by atoms with Gasteiger partial charge in [0, 0.05) is 11.6 Å². The van der Waals surface area contributed by atoms with Crippen molar-refractivity contribution >= 4 is 33.4 Å². The summed E-state index contributed by atoms with van der Waals surface area (Å²) in [5.74, 6) is -1.15. The van der Waals surface area contributed by atoms with Gasteiger partial charge in [0.1, 0.15) is 5.54 Å². The van der Waals surface area contributed by atoms with Gasteiger partial charge in [0.05, 0.1) is 11.2 Å². The molecule has 1 saturated heterocycles. The number of hydrogen-bond acceptors (Lipinski definition) is 5. The summed E-state index contributed by atoms with van der Waals surface area (Å²) >= 11 is 5.80. The van der Waals surface area contributed by atoms with Gasteiger partial charge >= 0.3 is 0 Å². The average molecular weight is 383 g/mol. The number of halogens is 1. The van der Waals surface area contributed by atoms with Crippen LogP contribution >= 0.6 is 11.6 Å². The van der Waals surface area contributed by atoms with E-state index in [1.54, 1.807) is 6.07 Å². The number of carbonyl (C=O) groups excluding carboxylic acids is 2. The van der Waals surface area contributed by atoms with E-state index in [-0.39, 0.29) is 15.7 Å². The lowest BCUT2D eigenvalue weighted by Gasteiger charge is -2.48. The van der Waals surface area contributed by atoms with Crippen LogP contribution in [0.1, 0.15) is 23.9 Å². The van der Waals surface area contributed by atoms with E-state index in [0.29, 0.717) is 13.0 Å². The van der Waals surface area contributed by atoms with Gasteiger partial charge in [-0.1, -0.05) is 17.7 Å². The van der Waals surface area contributed by atoms with Crippen LogP contribution in [0.25, 0.3) is 0 Å². The molecule has 2 amide bonds. The van der Waals surface area contributed by atoms with E-state index in [1.165, 1.54) is 48.4 Å². The molecule has 0 saturated carbocycles. The molecular weight excluding hydrogens is 368 g/mol. The quantitative estimate of drug-likeness (QED) is 0.872. The number of hydrogen-bond donors (Lipinski definition) is 1. The SMILES string of the molecule is CC1(C(=O)NS(=O)(=O)c2cccc(Cl)c2)CCN1C(=O)c1ccco1. The maximum atomic E-state index is 12.6. The first-order valence-electron chi connectivity index (χ1n) is 7.42. The Balaban J connectivity index is 1.79. The second-order valence-electron chi connectivity index (χ2n) is 5.85. The molecule has 1 atom stereocenters. The van der Waals surface area contributed by atoms with Crippen LogP contribution in [0.2, 0.25) is 5.02 Å². The van der Waals surface area contributed by atoms with Crippen molar-refractivity contribution in [3.05, 3.63) is 53.4 Å². The van der Waals surface area contributed by atoms with E-state index in [0.717, 1.165) is 0 Å². The van der Waals surface area contributed by atoms with Crippen LogP contribution in [0.4, 0.5) is 0 Å². The molecule has 1 aromatic carbocycles. The van der Waals surface area contributed by atoms with E-state index in [1.807, 2.05) is 4.72 Å². The molecule has 7 nitrogen and oxygen atoms in total. The summed E-state index contributed by atoms with van der Waals surface area (Å²) in [6.07, 6.45) is 1.70. The summed E-state index contributed by atoms with van der Waals surface area (Å²) in [7, 11) is -4.09. The smallest absolute Gasteiger partial charge is 0.290 e. The van der Waals surface area contributed by atoms with E-state index in [2.05, 4.69) is 0 Å². The van der Waals surface area contributed by atoms with Gasteiger partial charge in [0.2, 0.25) is 0 Å². The molecule has 0 spiro atoms. The minimum absolute atomic E-state index is 0.0939. The van der Waals surface area contributed by atoms with Crippen LogP contribution < -0.4 is 4.72 Å². The third kappa shape index (κ3) is 3.14. The van der Waals surface area contributed by atoms with E-state index >= 15 is 0 Å². The molecule has 0 radical (unpaired) electrons. The normalized spacial score (nSPS) is 20.0. The molecule has 9 heteroatoms. The molecule has 1 fully saturated rings. The Morgan fingerprint density at radius 1 is 1.28 bits per heavy atom. The fourth-order valence-electron chi connectivity index (χ4n) is 2.58. The Kier molecular flexibility index (Phi) is 4.34. The summed E-state index contributed by atoms with van der Waals surface area (Å²) in [5.41, 5.74) is -1.27. The van der Waals surface area contributed by atoms with Crippen LogP contribution in [-0.4, -0.2) is 37.2 Å². The van der Waals surface area contributed by atoms with Gasteiger partial charge in [0.15, 0.2) is 5.76 Å². The van der Waals surface area contributed by atoms with Crippen molar-refractivity contribution in [3.8, 4) is 0 Å². The minimum atomic E-state index is -4.09. The first-order chi connectivity index (χ1) is 11.7. The predicted octanol–water partition coefficient (Wildman–Crippen LogP) is 2.04. The average Bonchev–Trinajstić information content (AvgIpc) is 3.07. The van der Waals surface area contributed by atoms with Gasteiger partial charge in [-0.15, -0.1) is 0 Å². The molecule has 1 aliphatic rings. The van der Waals surface area contributed by atoms with Crippen molar-refractivity contribution in [2.75, 3.05) is 6.54 Å². The summed E-state index contributed by atoms with van der Waals surface area (Å²) in [5, 5.41) is 0.236. The van der Waals surface area contributed by atoms with Crippen molar-refractivity contribution in [1.82, 2.24) is 9.62 Å². The monoisotopic (exact) mass is 382 g/mol. The van der Waals surface area contributed by atoms with E-state index in [9.17, 15) is 18.0 Å². The topological polar surface area (TPSA) is 96.7 Å². The number of likely N-dealkylation sites (tertiary alicyclic amines) is 1. The van der Waals surface area contributed by atoms with Crippen LogP contribution in [0.3, 0.4) is 0 Å². The molecule has 1 aromatic heterocycles. The number of furan rings is 1. The third-order valence-corrected chi connectivity index (χ3v) is 5.78. The van der Waals surface area contributed by atoms with Crippen LogP contribution in [-0.2, 0) is 14.8 Å². The lowest BCUT2D eigenvalue weighted by Crippen LogP contribution is -2.67. The van der Waals surface area contributed by atoms with Gasteiger partial charge in [-0.3, -0.25) is 9.59 Å². The Morgan fingerprint density at radius 3 is 2.60 bits per heavy atom. The fourth-order valence-corrected chi connectivity index (χ4v) is 3.96. The third-order valence-electron chi connectivity index (χ3n) is 4.22. The number of benzene rings is 1. The van der Waals surface area contributed by atoms with Crippen molar-refractivity contribution < 1.29 is 22.4 Å². The molecule has 132 valence electrons. The number of nitrogens with one attached hydrogen (secondary N) is 1. The summed E-state index contributed by atoms with van der Waals surface area (Å²) < 4.78 is 31.8. The highest BCUT2D eigenvalue weighted by Gasteiger charge is 2.51. The molecule has 25 heavy (non-hydrogen) atoms. The van der Waals surface area contributed by atoms with Crippen molar-refractivity contribution in [3.63, 3.8) is 0 Å². The first kappa shape index (κ1) is 17.5. The maximum Gasteiger partial charge on any atom is 0.290 e. The second-order valence-corrected chi connectivity index (χ2v) is 7.97. The Labute approximate surface area is 149 Å². The molecular formula is C16H15ClN2O5S. The fraction of sp³-hybridized carbons (Fsp3) is 0.250. The van der Waals surface area contributed by atoms with Gasteiger partial charge in [-0.25, -0.2) is 13.1 Å². The zero-order valence-electron chi connectivity index (χ0n) is 13.2. The maximum absolute atomic E-state index is 12.6. The van der Waals surface area contributed by atoms with Crippen LogP contribution in [0.15, 0.2) is 52.0 Å². The Hall–Kier alpha value is -2.32. The number of nitrogens with zero attached hydrogens (tertiary/aromatic N) is 1. The highest BCUT2D eigenvalue weighted by atomic mass is 35.5. The summed E-state index contributed by atoms with van der Waals surface area (Å²) in [4.78, 5) is 26.1. The number of rotatable bonds is 4. The largest absolute Gasteiger partial charge is 0.459 e. The van der Waals surface area contributed by atoms with Gasteiger partial charge < -0.3 is 9.32 Å². The number of sulfonamides is 1. The summed E-state index contributed by atoms with van der Waals surface area (Å²) in [6, 6.07) is 8.62. The zero-order chi connectivity index (χ0) is 18.2. The second kappa shape index (κ2) is 6.20. The van der Waals surface area contributed by atoms with Crippen molar-refractivity contribution in [2.24, 2.45) is 0 Å². The van der Waals surface area contributed by atoms with Crippen molar-refractivity contribution in [1.29, 1.82) is 0 Å². The Bertz CT molecular complexity index is 926. The first-order valence-corrected chi connectivity index (χ1v) is 9.28. The van der Waals surface area contributed by atoms with Crippen molar-refractivity contribution in [2.45, 2.75) is 23.8 Å². The van der Waals surface area contributed by atoms with Gasteiger partial charge in [-0.2, -0.15) is 0 Å². The minimum Gasteiger partial charge on any atom is -0.459 e. The van der Waals surface area contributed by atoms with Gasteiger partial charge in [-0.05, 0) is 43.7 Å². The van der Waals surface area contributed by atoms with E-state index < -0.39 is 27.4 Å². The highest BCUT2D eigenvalue weighted by Crippen LogP contribution is 2.32.